The van der Waals surface area contributed by atoms with Gasteiger partial charge in [0.25, 0.3) is 5.91 Å². The van der Waals surface area contributed by atoms with Gasteiger partial charge in [0.05, 0.1) is 11.6 Å². The molecule has 0 aliphatic rings. The third kappa shape index (κ3) is 3.49. The van der Waals surface area contributed by atoms with Crippen molar-refractivity contribution in [2.24, 2.45) is 0 Å². The van der Waals surface area contributed by atoms with Crippen LogP contribution in [-0.4, -0.2) is 47.1 Å². The Morgan fingerprint density at radius 2 is 2.14 bits per heavy atom. The van der Waals surface area contributed by atoms with Gasteiger partial charge in [-0.2, -0.15) is 0 Å². The Morgan fingerprint density at radius 1 is 1.43 bits per heavy atom. The van der Waals surface area contributed by atoms with Gasteiger partial charge in [0.1, 0.15) is 5.69 Å². The summed E-state index contributed by atoms with van der Waals surface area (Å²) in [6.45, 7) is 4.72. The molecule has 0 aliphatic carbocycles. The highest BCUT2D eigenvalue weighted by Gasteiger charge is 2.17. The Hall–Kier alpha value is -2.14. The first-order chi connectivity index (χ1) is 10.0. The van der Waals surface area contributed by atoms with Crippen molar-refractivity contribution in [3.05, 3.63) is 36.0 Å². The van der Waals surface area contributed by atoms with E-state index >= 15 is 0 Å². The second-order valence-corrected chi connectivity index (χ2v) is 5.14. The van der Waals surface area contributed by atoms with Crippen LogP contribution in [0.2, 0.25) is 0 Å². The van der Waals surface area contributed by atoms with Crippen LogP contribution in [0.4, 0.5) is 5.69 Å². The molecule has 0 radical (unpaired) electrons. The van der Waals surface area contributed by atoms with Gasteiger partial charge in [-0.15, -0.1) is 0 Å². The first-order valence-corrected chi connectivity index (χ1v) is 7.10. The number of anilines is 1. The lowest BCUT2D eigenvalue weighted by Gasteiger charge is -2.19. The molecule has 2 rings (SSSR count). The first kappa shape index (κ1) is 15.3. The van der Waals surface area contributed by atoms with Crippen molar-refractivity contribution in [2.75, 3.05) is 25.5 Å². The standard InChI is InChI=1S/C16H21N3O2/c1-4-17-14-9-15(16(21)19(3)10-11(2)20)18-13-8-6-5-7-12(13)14/h5-9,11,20H,4,10H2,1-3H3,(H,17,18). The smallest absolute Gasteiger partial charge is 0.272 e. The van der Waals surface area contributed by atoms with Gasteiger partial charge in [0.2, 0.25) is 0 Å². The monoisotopic (exact) mass is 287 g/mol. The maximum Gasteiger partial charge on any atom is 0.272 e. The van der Waals surface area contributed by atoms with Crippen LogP contribution in [0.15, 0.2) is 30.3 Å². The highest BCUT2D eigenvalue weighted by Crippen LogP contribution is 2.23. The average molecular weight is 287 g/mol. The zero-order chi connectivity index (χ0) is 15.4. The maximum absolute atomic E-state index is 12.4. The van der Waals surface area contributed by atoms with Gasteiger partial charge in [-0.05, 0) is 26.0 Å². The molecule has 0 spiro atoms. The third-order valence-electron chi connectivity index (χ3n) is 3.19. The zero-order valence-corrected chi connectivity index (χ0v) is 12.6. The normalized spacial score (nSPS) is 12.2. The minimum atomic E-state index is -0.562. The number of para-hydroxylation sites is 1. The van der Waals surface area contributed by atoms with E-state index in [4.69, 9.17) is 0 Å². The lowest BCUT2D eigenvalue weighted by Crippen LogP contribution is -2.33. The SMILES string of the molecule is CCNc1cc(C(=O)N(C)CC(C)O)nc2ccccc12. The van der Waals surface area contributed by atoms with Crippen molar-refractivity contribution in [2.45, 2.75) is 20.0 Å². The number of aliphatic hydroxyl groups is 1. The molecule has 1 unspecified atom stereocenters. The molecule has 5 heteroatoms. The predicted molar refractivity (Wildman–Crippen MR) is 84.5 cm³/mol. The number of likely N-dealkylation sites (N-methyl/N-ethyl adjacent to an activating group) is 1. The second kappa shape index (κ2) is 6.54. The molecular weight excluding hydrogens is 266 g/mol. The number of carbonyl (C=O) groups excluding carboxylic acids is 1. The average Bonchev–Trinajstić information content (AvgIpc) is 2.46. The highest BCUT2D eigenvalue weighted by atomic mass is 16.3. The molecule has 0 saturated heterocycles. The molecule has 0 bridgehead atoms. The van der Waals surface area contributed by atoms with Gasteiger partial charge in [0.15, 0.2) is 0 Å². The summed E-state index contributed by atoms with van der Waals surface area (Å²) < 4.78 is 0. The Labute approximate surface area is 124 Å². The van der Waals surface area contributed by atoms with Gasteiger partial charge in [-0.3, -0.25) is 4.79 Å². The molecule has 0 saturated carbocycles. The van der Waals surface area contributed by atoms with Gasteiger partial charge < -0.3 is 15.3 Å². The van der Waals surface area contributed by atoms with E-state index in [1.54, 1.807) is 20.0 Å². The molecule has 0 fully saturated rings. The molecule has 1 heterocycles. The third-order valence-corrected chi connectivity index (χ3v) is 3.19. The summed E-state index contributed by atoms with van der Waals surface area (Å²) in [4.78, 5) is 18.3. The van der Waals surface area contributed by atoms with Gasteiger partial charge in [0, 0.05) is 31.2 Å². The van der Waals surface area contributed by atoms with Crippen LogP contribution in [0.25, 0.3) is 10.9 Å². The van der Waals surface area contributed by atoms with E-state index < -0.39 is 6.10 Å². The molecular formula is C16H21N3O2. The number of aromatic nitrogens is 1. The van der Waals surface area contributed by atoms with Crippen molar-refractivity contribution >= 4 is 22.5 Å². The van der Waals surface area contributed by atoms with Gasteiger partial charge in [-0.25, -0.2) is 4.98 Å². The number of benzene rings is 1. The van der Waals surface area contributed by atoms with Crippen LogP contribution < -0.4 is 5.32 Å². The summed E-state index contributed by atoms with van der Waals surface area (Å²) in [5.41, 5.74) is 2.06. The molecule has 112 valence electrons. The minimum absolute atomic E-state index is 0.194. The Kier molecular flexibility index (Phi) is 4.75. The van der Waals surface area contributed by atoms with Crippen LogP contribution in [0.3, 0.4) is 0 Å². The van der Waals surface area contributed by atoms with E-state index in [9.17, 15) is 9.90 Å². The summed E-state index contributed by atoms with van der Waals surface area (Å²) in [6, 6.07) is 9.49. The molecule has 1 aromatic heterocycles. The molecule has 5 nitrogen and oxygen atoms in total. The number of aliphatic hydroxyl groups excluding tert-OH is 1. The van der Waals surface area contributed by atoms with E-state index in [1.165, 1.54) is 4.90 Å². The number of hydrogen-bond donors (Lipinski definition) is 2. The van der Waals surface area contributed by atoms with E-state index in [0.717, 1.165) is 23.1 Å². The lowest BCUT2D eigenvalue weighted by molar-refractivity contribution is 0.0698. The van der Waals surface area contributed by atoms with Gasteiger partial charge in [-0.1, -0.05) is 18.2 Å². The number of amides is 1. The number of nitrogens with one attached hydrogen (secondary N) is 1. The predicted octanol–water partition coefficient (Wildman–Crippen LogP) is 2.12. The fourth-order valence-electron chi connectivity index (χ4n) is 2.30. The number of rotatable bonds is 5. The van der Waals surface area contributed by atoms with Crippen LogP contribution in [0.1, 0.15) is 24.3 Å². The Bertz CT molecular complexity index is 640. The largest absolute Gasteiger partial charge is 0.392 e. The van der Waals surface area contributed by atoms with E-state index in [1.807, 2.05) is 31.2 Å². The van der Waals surface area contributed by atoms with Crippen LogP contribution in [0, 0.1) is 0 Å². The minimum Gasteiger partial charge on any atom is -0.392 e. The Morgan fingerprint density at radius 3 is 2.81 bits per heavy atom. The number of hydrogen-bond acceptors (Lipinski definition) is 4. The van der Waals surface area contributed by atoms with Crippen molar-refractivity contribution in [1.29, 1.82) is 0 Å². The van der Waals surface area contributed by atoms with E-state index in [-0.39, 0.29) is 12.5 Å². The molecule has 21 heavy (non-hydrogen) atoms. The quantitative estimate of drug-likeness (QED) is 0.884. The highest BCUT2D eigenvalue weighted by molar-refractivity contribution is 5.99. The van der Waals surface area contributed by atoms with E-state index in [0.29, 0.717) is 5.69 Å². The molecule has 2 aromatic rings. The van der Waals surface area contributed by atoms with Crippen molar-refractivity contribution < 1.29 is 9.90 Å². The summed E-state index contributed by atoms with van der Waals surface area (Å²) in [6.07, 6.45) is -0.562. The number of carbonyl (C=O) groups is 1. The summed E-state index contributed by atoms with van der Waals surface area (Å²) in [5, 5.41) is 13.7. The Balaban J connectivity index is 2.42. The van der Waals surface area contributed by atoms with Crippen LogP contribution in [0.5, 0.6) is 0 Å². The second-order valence-electron chi connectivity index (χ2n) is 5.14. The van der Waals surface area contributed by atoms with Gasteiger partial charge >= 0.3 is 0 Å². The lowest BCUT2D eigenvalue weighted by atomic mass is 10.1. The molecule has 1 aromatic carbocycles. The van der Waals surface area contributed by atoms with Crippen molar-refractivity contribution in [3.8, 4) is 0 Å². The number of pyridine rings is 1. The topological polar surface area (TPSA) is 65.5 Å². The zero-order valence-electron chi connectivity index (χ0n) is 12.6. The van der Waals surface area contributed by atoms with Crippen LogP contribution >= 0.6 is 0 Å². The number of fused-ring (bicyclic) bond motifs is 1. The molecule has 2 N–H and O–H groups in total. The maximum atomic E-state index is 12.4. The first-order valence-electron chi connectivity index (χ1n) is 7.10. The fourth-order valence-corrected chi connectivity index (χ4v) is 2.30. The summed E-state index contributed by atoms with van der Waals surface area (Å²) >= 11 is 0. The fraction of sp³-hybridized carbons (Fsp3) is 0.375. The van der Waals surface area contributed by atoms with Crippen molar-refractivity contribution in [1.82, 2.24) is 9.88 Å². The number of nitrogens with zero attached hydrogens (tertiary/aromatic N) is 2. The molecule has 1 amide bonds. The summed E-state index contributed by atoms with van der Waals surface area (Å²) in [5.74, 6) is -0.194. The molecule has 0 aliphatic heterocycles. The summed E-state index contributed by atoms with van der Waals surface area (Å²) in [7, 11) is 1.67. The molecule has 1 atom stereocenters. The van der Waals surface area contributed by atoms with Crippen LogP contribution in [-0.2, 0) is 0 Å². The van der Waals surface area contributed by atoms with Crippen molar-refractivity contribution in [3.63, 3.8) is 0 Å². The van der Waals surface area contributed by atoms with E-state index in [2.05, 4.69) is 10.3 Å².